The monoisotopic (exact) mass is 249 g/mol. The third kappa shape index (κ3) is 3.10. The Morgan fingerprint density at radius 2 is 2.17 bits per heavy atom. The molecule has 3 nitrogen and oxygen atoms in total. The van der Waals surface area contributed by atoms with Crippen molar-refractivity contribution in [1.29, 1.82) is 0 Å². The molecule has 1 fully saturated rings. The highest BCUT2D eigenvalue weighted by molar-refractivity contribution is 5.31. The minimum absolute atomic E-state index is 0.389. The van der Waals surface area contributed by atoms with Gasteiger partial charge in [0.25, 0.3) is 0 Å². The Bertz CT molecular complexity index is 405. The molecule has 2 atom stereocenters. The number of morpholine rings is 1. The zero-order chi connectivity index (χ0) is 13.1. The van der Waals surface area contributed by atoms with Crippen LogP contribution in [0.4, 0.5) is 0 Å². The second-order valence-corrected chi connectivity index (χ2v) is 5.28. The van der Waals surface area contributed by atoms with Crippen LogP contribution in [0.1, 0.15) is 29.7 Å². The van der Waals surface area contributed by atoms with Crippen LogP contribution in [0, 0.1) is 13.8 Å². The van der Waals surface area contributed by atoms with Crippen LogP contribution in [-0.2, 0) is 4.74 Å². The SMILES string of the molecule is Cc1ccc(C(O)CN2CCOCC2C)cc1C. The molecule has 18 heavy (non-hydrogen) atoms. The highest BCUT2D eigenvalue weighted by Gasteiger charge is 2.22. The fourth-order valence-electron chi connectivity index (χ4n) is 2.33. The van der Waals surface area contributed by atoms with Crippen molar-refractivity contribution in [3.05, 3.63) is 34.9 Å². The van der Waals surface area contributed by atoms with Gasteiger partial charge >= 0.3 is 0 Å². The number of aliphatic hydroxyl groups is 1. The smallest absolute Gasteiger partial charge is 0.0917 e. The first-order chi connectivity index (χ1) is 8.58. The van der Waals surface area contributed by atoms with Gasteiger partial charge in [0.1, 0.15) is 0 Å². The molecule has 2 rings (SSSR count). The molecule has 1 N–H and O–H groups in total. The maximum Gasteiger partial charge on any atom is 0.0917 e. The highest BCUT2D eigenvalue weighted by Crippen LogP contribution is 2.19. The molecule has 0 amide bonds. The number of hydrogen-bond donors (Lipinski definition) is 1. The molecule has 0 bridgehead atoms. The molecule has 0 aliphatic carbocycles. The summed E-state index contributed by atoms with van der Waals surface area (Å²) in [5.41, 5.74) is 3.52. The van der Waals surface area contributed by atoms with Crippen molar-refractivity contribution in [2.24, 2.45) is 0 Å². The van der Waals surface area contributed by atoms with E-state index in [9.17, 15) is 5.11 Å². The summed E-state index contributed by atoms with van der Waals surface area (Å²) in [5, 5.41) is 10.3. The van der Waals surface area contributed by atoms with Gasteiger partial charge in [-0.15, -0.1) is 0 Å². The zero-order valence-electron chi connectivity index (χ0n) is 11.5. The lowest BCUT2D eigenvalue weighted by Crippen LogP contribution is -2.45. The van der Waals surface area contributed by atoms with Crippen molar-refractivity contribution in [3.8, 4) is 0 Å². The standard InChI is InChI=1S/C15H23NO2/c1-11-4-5-14(8-12(11)2)15(17)9-16-6-7-18-10-13(16)3/h4-5,8,13,15,17H,6-7,9-10H2,1-3H3. The number of benzene rings is 1. The molecular weight excluding hydrogens is 226 g/mol. The Hall–Kier alpha value is -0.900. The Morgan fingerprint density at radius 1 is 1.39 bits per heavy atom. The third-order valence-electron chi connectivity index (χ3n) is 3.83. The van der Waals surface area contributed by atoms with E-state index in [1.165, 1.54) is 11.1 Å². The number of rotatable bonds is 3. The predicted molar refractivity (Wildman–Crippen MR) is 72.7 cm³/mol. The van der Waals surface area contributed by atoms with Crippen molar-refractivity contribution in [2.75, 3.05) is 26.3 Å². The van der Waals surface area contributed by atoms with Crippen molar-refractivity contribution in [2.45, 2.75) is 32.9 Å². The minimum atomic E-state index is -0.412. The quantitative estimate of drug-likeness (QED) is 0.890. The Balaban J connectivity index is 2.02. The van der Waals surface area contributed by atoms with Gasteiger partial charge < -0.3 is 9.84 Å². The van der Waals surface area contributed by atoms with E-state index in [2.05, 4.69) is 37.8 Å². The van der Waals surface area contributed by atoms with Crippen LogP contribution in [0.2, 0.25) is 0 Å². The fraction of sp³-hybridized carbons (Fsp3) is 0.600. The van der Waals surface area contributed by atoms with Crippen LogP contribution in [0.15, 0.2) is 18.2 Å². The van der Waals surface area contributed by atoms with Crippen molar-refractivity contribution < 1.29 is 9.84 Å². The maximum absolute atomic E-state index is 10.3. The van der Waals surface area contributed by atoms with E-state index >= 15 is 0 Å². The van der Waals surface area contributed by atoms with Crippen LogP contribution in [-0.4, -0.2) is 42.4 Å². The number of nitrogens with zero attached hydrogens (tertiary/aromatic N) is 1. The Labute approximate surface area is 109 Å². The Kier molecular flexibility index (Phi) is 4.38. The summed E-state index contributed by atoms with van der Waals surface area (Å²) in [6.07, 6.45) is -0.412. The van der Waals surface area contributed by atoms with E-state index in [4.69, 9.17) is 4.74 Å². The molecule has 1 aromatic rings. The van der Waals surface area contributed by atoms with E-state index in [1.54, 1.807) is 0 Å². The van der Waals surface area contributed by atoms with Crippen molar-refractivity contribution in [1.82, 2.24) is 4.90 Å². The molecule has 1 heterocycles. The highest BCUT2D eigenvalue weighted by atomic mass is 16.5. The largest absolute Gasteiger partial charge is 0.387 e. The molecule has 1 saturated heterocycles. The first-order valence-corrected chi connectivity index (χ1v) is 6.65. The lowest BCUT2D eigenvalue weighted by atomic mass is 10.0. The van der Waals surface area contributed by atoms with Gasteiger partial charge in [0.15, 0.2) is 0 Å². The van der Waals surface area contributed by atoms with Crippen LogP contribution in [0.3, 0.4) is 0 Å². The molecule has 1 aliphatic rings. The molecule has 0 aromatic heterocycles. The van der Waals surface area contributed by atoms with Crippen LogP contribution in [0.5, 0.6) is 0 Å². The second kappa shape index (κ2) is 5.83. The molecule has 2 unspecified atom stereocenters. The fourth-order valence-corrected chi connectivity index (χ4v) is 2.33. The molecule has 1 aliphatic heterocycles. The lowest BCUT2D eigenvalue weighted by molar-refractivity contribution is -0.0203. The summed E-state index contributed by atoms with van der Waals surface area (Å²) in [5.74, 6) is 0. The third-order valence-corrected chi connectivity index (χ3v) is 3.83. The summed E-state index contributed by atoms with van der Waals surface area (Å²) in [6, 6.07) is 6.58. The average Bonchev–Trinajstić information content (AvgIpc) is 2.35. The van der Waals surface area contributed by atoms with Crippen molar-refractivity contribution >= 4 is 0 Å². The van der Waals surface area contributed by atoms with Gasteiger partial charge in [-0.05, 0) is 37.5 Å². The van der Waals surface area contributed by atoms with Gasteiger partial charge in [-0.25, -0.2) is 0 Å². The zero-order valence-corrected chi connectivity index (χ0v) is 11.5. The van der Waals surface area contributed by atoms with Gasteiger partial charge in [0.05, 0.1) is 19.3 Å². The van der Waals surface area contributed by atoms with E-state index in [0.29, 0.717) is 12.6 Å². The summed E-state index contributed by atoms with van der Waals surface area (Å²) >= 11 is 0. The Morgan fingerprint density at radius 3 is 2.83 bits per heavy atom. The number of β-amino-alcohol motifs (C(OH)–C–C–N with tert-alkyl or cyclic N) is 1. The maximum atomic E-state index is 10.3. The molecule has 0 saturated carbocycles. The minimum Gasteiger partial charge on any atom is -0.387 e. The van der Waals surface area contributed by atoms with E-state index in [1.807, 2.05) is 6.07 Å². The first kappa shape index (κ1) is 13.5. The van der Waals surface area contributed by atoms with Gasteiger partial charge in [-0.2, -0.15) is 0 Å². The summed E-state index contributed by atoms with van der Waals surface area (Å²) in [6.45, 7) is 9.45. The van der Waals surface area contributed by atoms with Gasteiger partial charge in [0, 0.05) is 19.1 Å². The van der Waals surface area contributed by atoms with Gasteiger partial charge in [-0.3, -0.25) is 4.90 Å². The van der Waals surface area contributed by atoms with E-state index < -0.39 is 6.10 Å². The average molecular weight is 249 g/mol. The molecule has 0 spiro atoms. The van der Waals surface area contributed by atoms with E-state index in [0.717, 1.165) is 25.3 Å². The molecule has 1 aromatic carbocycles. The topological polar surface area (TPSA) is 32.7 Å². The van der Waals surface area contributed by atoms with Crippen LogP contribution in [0.25, 0.3) is 0 Å². The van der Waals surface area contributed by atoms with Crippen LogP contribution >= 0.6 is 0 Å². The summed E-state index contributed by atoms with van der Waals surface area (Å²) in [7, 11) is 0. The first-order valence-electron chi connectivity index (χ1n) is 6.65. The van der Waals surface area contributed by atoms with Gasteiger partial charge in [0.2, 0.25) is 0 Å². The molecular formula is C15H23NO2. The molecule has 0 radical (unpaired) electrons. The van der Waals surface area contributed by atoms with Crippen molar-refractivity contribution in [3.63, 3.8) is 0 Å². The number of aryl methyl sites for hydroxylation is 2. The lowest BCUT2D eigenvalue weighted by Gasteiger charge is -2.34. The summed E-state index contributed by atoms with van der Waals surface area (Å²) in [4.78, 5) is 2.29. The normalized spacial score (nSPS) is 23.0. The molecule has 100 valence electrons. The van der Waals surface area contributed by atoms with Gasteiger partial charge in [-0.1, -0.05) is 18.2 Å². The van der Waals surface area contributed by atoms with E-state index in [-0.39, 0.29) is 0 Å². The number of aliphatic hydroxyl groups excluding tert-OH is 1. The summed E-state index contributed by atoms with van der Waals surface area (Å²) < 4.78 is 5.41. The second-order valence-electron chi connectivity index (χ2n) is 5.28. The number of hydrogen-bond acceptors (Lipinski definition) is 3. The molecule has 3 heteroatoms. The van der Waals surface area contributed by atoms with Crippen LogP contribution < -0.4 is 0 Å². The predicted octanol–water partition coefficient (Wildman–Crippen LogP) is 2.06. The number of ether oxygens (including phenoxy) is 1.